The number of ether oxygens (including phenoxy) is 5. The smallest absolute Gasteiger partial charge is 0.338 e. The number of hydrogen-bond donors (Lipinski definition) is 1. The van der Waals surface area contributed by atoms with E-state index in [0.29, 0.717) is 26.6 Å². The molecule has 0 rings (SSSR count). The quantitative estimate of drug-likeness (QED) is 0.0967. The Labute approximate surface area is 210 Å². The summed E-state index contributed by atoms with van der Waals surface area (Å²) in [6.07, 6.45) is 5.58. The monoisotopic (exact) mass is 506 g/mol. The van der Waals surface area contributed by atoms with Gasteiger partial charge in [0.25, 0.3) is 0 Å². The van der Waals surface area contributed by atoms with Crippen LogP contribution in [0.5, 0.6) is 0 Å². The van der Waals surface area contributed by atoms with Gasteiger partial charge >= 0.3 is 11.9 Å². The van der Waals surface area contributed by atoms with Crippen LogP contribution in [0.15, 0.2) is 24.8 Å². The van der Waals surface area contributed by atoms with E-state index >= 15 is 0 Å². The molecular weight excluding hydrogens is 456 g/mol. The van der Waals surface area contributed by atoms with Crippen molar-refractivity contribution in [1.82, 2.24) is 0 Å². The molecule has 0 heterocycles. The topological polar surface area (TPSA) is 101 Å². The molecule has 0 amide bonds. The number of carbonyl (C=O) groups excluding carboxylic acids is 1. The molecule has 0 aromatic rings. The summed E-state index contributed by atoms with van der Waals surface area (Å²) in [4.78, 5) is 21.1. The molecule has 0 aliphatic rings. The number of carbonyl (C=O) groups is 2. The Balaban J connectivity index is -0.000000563. The summed E-state index contributed by atoms with van der Waals surface area (Å²) in [5.74, 6) is -1.39. The first-order valence-corrected chi connectivity index (χ1v) is 13.7. The van der Waals surface area contributed by atoms with Crippen LogP contribution in [0.3, 0.4) is 0 Å². The molecule has 0 bridgehead atoms. The maximum Gasteiger partial charge on any atom is 0.338 e. The minimum absolute atomic E-state index is 0.267. The van der Waals surface area contributed by atoms with Crippen LogP contribution in [0.1, 0.15) is 73.6 Å². The minimum atomic E-state index is -0.981. The Bertz CT molecular complexity index is 491. The van der Waals surface area contributed by atoms with Gasteiger partial charge in [-0.15, -0.1) is 0 Å². The van der Waals surface area contributed by atoms with Gasteiger partial charge in [0.05, 0.1) is 37.6 Å². The molecule has 0 saturated carbocycles. The van der Waals surface area contributed by atoms with Crippen LogP contribution in [-0.4, -0.2) is 72.4 Å². The lowest BCUT2D eigenvalue weighted by Crippen LogP contribution is -2.26. The van der Waals surface area contributed by atoms with Crippen LogP contribution in [0.25, 0.3) is 0 Å². The Kier molecular flexibility index (Phi) is 30.2. The molecule has 34 heavy (non-hydrogen) atoms. The molecule has 0 radical (unpaired) electrons. The van der Waals surface area contributed by atoms with E-state index in [1.54, 1.807) is 0 Å². The maximum absolute atomic E-state index is 11.9. The summed E-state index contributed by atoms with van der Waals surface area (Å²) < 4.78 is 26.6. The first-order valence-electron chi connectivity index (χ1n) is 12.2. The Morgan fingerprint density at radius 2 is 1.32 bits per heavy atom. The predicted molar refractivity (Wildman–Crippen MR) is 140 cm³/mol. The lowest BCUT2D eigenvalue weighted by molar-refractivity contribution is -0.152. The zero-order valence-corrected chi connectivity index (χ0v) is 24.6. The number of rotatable bonds is 18. The summed E-state index contributed by atoms with van der Waals surface area (Å²) in [7, 11) is 1.13. The zero-order valence-electron chi connectivity index (χ0n) is 22.6. The highest BCUT2D eigenvalue weighted by Gasteiger charge is 2.21. The third kappa shape index (κ3) is 30.5. The van der Waals surface area contributed by atoms with Crippen molar-refractivity contribution in [1.29, 1.82) is 0 Å². The molecule has 0 fully saturated rings. The second kappa shape index (κ2) is 27.7. The summed E-state index contributed by atoms with van der Waals surface area (Å²) in [5, 5.41) is 7.60. The Hall–Kier alpha value is -1.52. The van der Waals surface area contributed by atoms with Gasteiger partial charge in [0, 0.05) is 16.3 Å². The molecule has 8 nitrogen and oxygen atoms in total. The highest BCUT2D eigenvalue weighted by atomic mass is 28.1. The largest absolute Gasteiger partial charge is 0.478 e. The molecule has 0 aromatic heterocycles. The van der Waals surface area contributed by atoms with Crippen LogP contribution >= 0.6 is 0 Å². The van der Waals surface area contributed by atoms with Gasteiger partial charge in [-0.25, -0.2) is 9.59 Å². The van der Waals surface area contributed by atoms with E-state index in [1.165, 1.54) is 0 Å². The highest BCUT2D eigenvalue weighted by Crippen LogP contribution is 2.11. The van der Waals surface area contributed by atoms with Gasteiger partial charge in [0.2, 0.25) is 0 Å². The summed E-state index contributed by atoms with van der Waals surface area (Å²) in [5.41, 5.74) is 0.269. The molecule has 202 valence electrons. The van der Waals surface area contributed by atoms with Crippen molar-refractivity contribution in [3.05, 3.63) is 24.8 Å². The van der Waals surface area contributed by atoms with Gasteiger partial charge in [-0.2, -0.15) is 0 Å². The summed E-state index contributed by atoms with van der Waals surface area (Å²) in [6, 6.07) is 1.13. The first kappa shape index (κ1) is 37.0. The third-order valence-corrected chi connectivity index (χ3v) is 4.50. The van der Waals surface area contributed by atoms with Crippen LogP contribution in [-0.2, 0) is 33.3 Å². The third-order valence-electron chi connectivity index (χ3n) is 3.79. The summed E-state index contributed by atoms with van der Waals surface area (Å²) in [6.45, 7) is 20.9. The number of hydrogen-bond acceptors (Lipinski definition) is 7. The van der Waals surface area contributed by atoms with Crippen molar-refractivity contribution in [2.24, 2.45) is 0 Å². The molecule has 0 aromatic carbocycles. The van der Waals surface area contributed by atoms with Crippen LogP contribution in [0.2, 0.25) is 6.04 Å². The van der Waals surface area contributed by atoms with Crippen molar-refractivity contribution in [3.63, 3.8) is 0 Å². The number of carboxylic acid groups (broad SMARTS) is 1. The number of carboxylic acids is 1. The molecule has 0 atom stereocenters. The molecule has 0 saturated heterocycles. The van der Waals surface area contributed by atoms with Crippen molar-refractivity contribution >= 4 is 22.2 Å². The summed E-state index contributed by atoms with van der Waals surface area (Å²) >= 11 is 0. The first-order chi connectivity index (χ1) is 16.1. The van der Waals surface area contributed by atoms with Crippen molar-refractivity contribution in [2.45, 2.75) is 98.2 Å². The average Bonchev–Trinajstić information content (AvgIpc) is 2.78. The fourth-order valence-electron chi connectivity index (χ4n) is 1.73. The van der Waals surface area contributed by atoms with Crippen molar-refractivity contribution in [3.8, 4) is 0 Å². The van der Waals surface area contributed by atoms with Crippen LogP contribution in [0, 0.1) is 0 Å². The van der Waals surface area contributed by atoms with E-state index in [2.05, 4.69) is 27.0 Å². The van der Waals surface area contributed by atoms with Crippen molar-refractivity contribution < 1.29 is 38.4 Å². The predicted octanol–water partition coefficient (Wildman–Crippen LogP) is 4.27. The maximum atomic E-state index is 11.9. The van der Waals surface area contributed by atoms with Crippen LogP contribution in [0.4, 0.5) is 0 Å². The van der Waals surface area contributed by atoms with E-state index < -0.39 is 18.2 Å². The molecule has 0 spiro atoms. The molecule has 1 N–H and O–H groups in total. The molecule has 0 unspecified atom stereocenters. The van der Waals surface area contributed by atoms with Gasteiger partial charge in [-0.3, -0.25) is 0 Å². The van der Waals surface area contributed by atoms with Crippen LogP contribution < -0.4 is 0 Å². The normalized spacial score (nSPS) is 10.4. The number of aliphatic carboxylic acids is 1. The number of esters is 1. The molecule has 0 aliphatic carbocycles. The van der Waals surface area contributed by atoms with E-state index in [9.17, 15) is 9.59 Å². The molecular formula is C25H50O8Si. The Morgan fingerprint density at radius 1 is 0.882 bits per heavy atom. The van der Waals surface area contributed by atoms with Gasteiger partial charge in [-0.05, 0) is 47.0 Å². The van der Waals surface area contributed by atoms with Gasteiger partial charge in [0.15, 0.2) is 6.29 Å². The SMILES string of the molecule is C=C(C(=O)OCCC[SiH3])C(OCCCC)OCCCC.C=CC(=O)O.CC(C)OCOC(C)C. The van der Waals surface area contributed by atoms with Gasteiger partial charge < -0.3 is 28.8 Å². The minimum Gasteiger partial charge on any atom is -0.478 e. The lowest BCUT2D eigenvalue weighted by atomic mass is 10.3. The fraction of sp³-hybridized carbons (Fsp3) is 0.760. The van der Waals surface area contributed by atoms with E-state index in [4.69, 9.17) is 28.8 Å². The number of unbranched alkanes of at least 4 members (excludes halogenated alkanes) is 2. The Morgan fingerprint density at radius 3 is 1.65 bits per heavy atom. The average molecular weight is 507 g/mol. The van der Waals surface area contributed by atoms with Gasteiger partial charge in [-0.1, -0.05) is 45.9 Å². The van der Waals surface area contributed by atoms with Crippen molar-refractivity contribution in [2.75, 3.05) is 26.6 Å². The van der Waals surface area contributed by atoms with E-state index in [0.717, 1.165) is 54.5 Å². The molecule has 0 aliphatic heterocycles. The van der Waals surface area contributed by atoms with E-state index in [-0.39, 0.29) is 17.8 Å². The highest BCUT2D eigenvalue weighted by molar-refractivity contribution is 6.08. The second-order valence-electron chi connectivity index (χ2n) is 7.89. The zero-order chi connectivity index (χ0) is 26.8. The molecule has 9 heteroatoms. The van der Waals surface area contributed by atoms with E-state index in [1.807, 2.05) is 27.7 Å². The van der Waals surface area contributed by atoms with Gasteiger partial charge in [0.1, 0.15) is 6.79 Å². The fourth-order valence-corrected chi connectivity index (χ4v) is 2.02. The second-order valence-corrected chi connectivity index (χ2v) is 8.89. The lowest BCUT2D eigenvalue weighted by Gasteiger charge is -2.19. The standard InChI is InChI=1S/C15H30O4Si.C7H16O2.C3H4O2/c1-4-6-9-18-15(19-10-7-5-2)13(3)14(16)17-11-8-12-20;1-6(2)8-5-9-7(3)4;1-2-3(4)5/h15H,3-12H2,1-2,20H3;6-7H,5H2,1-4H3;2H,1H2,(H,4,5).